The SMILES string of the molecule is CCCCCCCCCCCCCCCC(c1c(OB(Oc2cc(C(F)(F)F)cc(C(F)(F)F)c2)Oc2cc(C(F)(F)F)cc(C(F)(F)F)c2)cc(C(F)(F)F)cc1C(F)(F)F)[N+](C)(C)C.FC(F)(F)c1c[c-]cc(C(F)(F)F)c1. The van der Waals surface area contributed by atoms with Crippen molar-refractivity contribution >= 4 is 7.32 Å². The number of hydrogen-bond donors (Lipinski definition) is 0. The first-order valence-electron chi connectivity index (χ1n) is 24.2. The van der Waals surface area contributed by atoms with E-state index < -0.39 is 147 Å². The zero-order valence-electron chi connectivity index (χ0n) is 42.6. The van der Waals surface area contributed by atoms with Crippen molar-refractivity contribution in [2.75, 3.05) is 21.1 Å². The maximum Gasteiger partial charge on any atom is 0.864 e. The summed E-state index contributed by atoms with van der Waals surface area (Å²) >= 11 is 0. The summed E-state index contributed by atoms with van der Waals surface area (Å²) in [5.41, 5.74) is -16.2. The van der Waals surface area contributed by atoms with Gasteiger partial charge >= 0.3 is 56.7 Å². The van der Waals surface area contributed by atoms with Crippen LogP contribution in [0.1, 0.15) is 153 Å². The minimum Gasteiger partial charge on any atom is -0.490 e. The van der Waals surface area contributed by atoms with Crippen LogP contribution < -0.4 is 14.0 Å². The van der Waals surface area contributed by atoms with Crippen LogP contribution in [0.2, 0.25) is 0 Å². The third kappa shape index (κ3) is 22.2. The fourth-order valence-electron chi connectivity index (χ4n) is 7.93. The van der Waals surface area contributed by atoms with Gasteiger partial charge in [0.05, 0.1) is 60.1 Å². The average Bonchev–Trinajstić information content (AvgIpc) is 3.29. The van der Waals surface area contributed by atoms with E-state index in [0.29, 0.717) is 25.0 Å². The van der Waals surface area contributed by atoms with Gasteiger partial charge in [0, 0.05) is 6.42 Å². The zero-order chi connectivity index (χ0) is 61.1. The third-order valence-electron chi connectivity index (χ3n) is 11.9. The van der Waals surface area contributed by atoms with E-state index in [2.05, 4.69) is 6.92 Å². The van der Waals surface area contributed by atoms with Crippen LogP contribution in [0.25, 0.3) is 0 Å². The molecular weight excluding hydrogens is 1140 g/mol. The molecule has 0 aliphatic rings. The van der Waals surface area contributed by atoms with Gasteiger partial charge in [-0.15, -0.1) is 6.07 Å². The van der Waals surface area contributed by atoms with E-state index in [-0.39, 0.29) is 55.3 Å². The summed E-state index contributed by atoms with van der Waals surface area (Å²) in [5.74, 6) is -4.63. The molecule has 0 aromatic heterocycles. The summed E-state index contributed by atoms with van der Waals surface area (Å²) in [6.45, 7) is 2.11. The molecule has 29 heteroatoms. The molecule has 0 saturated carbocycles. The Labute approximate surface area is 444 Å². The Morgan fingerprint density at radius 2 is 0.675 bits per heavy atom. The first-order chi connectivity index (χ1) is 36.3. The lowest BCUT2D eigenvalue weighted by Gasteiger charge is -2.37. The predicted molar refractivity (Wildman–Crippen MR) is 243 cm³/mol. The van der Waals surface area contributed by atoms with E-state index in [1.165, 1.54) is 27.6 Å². The summed E-state index contributed by atoms with van der Waals surface area (Å²) in [6.07, 6.45) is -31.8. The van der Waals surface area contributed by atoms with Crippen LogP contribution in [0.15, 0.2) is 66.7 Å². The highest BCUT2D eigenvalue weighted by molar-refractivity contribution is 6.39. The lowest BCUT2D eigenvalue weighted by molar-refractivity contribution is -0.902. The van der Waals surface area contributed by atoms with Crippen LogP contribution in [0.4, 0.5) is 105 Å². The van der Waals surface area contributed by atoms with Gasteiger partial charge in [0.2, 0.25) is 0 Å². The van der Waals surface area contributed by atoms with Crippen LogP contribution >= 0.6 is 0 Å². The van der Waals surface area contributed by atoms with Crippen molar-refractivity contribution in [1.29, 1.82) is 0 Å². The molecular formula is C51H52BF24NO3. The minimum atomic E-state index is -5.64. The molecule has 1 unspecified atom stereocenters. The molecule has 1 atom stereocenters. The smallest absolute Gasteiger partial charge is 0.490 e. The molecule has 0 aliphatic carbocycles. The van der Waals surface area contributed by atoms with Gasteiger partial charge in [-0.2, -0.15) is 124 Å². The molecule has 0 heterocycles. The second-order valence-electron chi connectivity index (χ2n) is 19.2. The van der Waals surface area contributed by atoms with Crippen molar-refractivity contribution in [3.05, 3.63) is 123 Å². The zero-order valence-corrected chi connectivity index (χ0v) is 42.6. The molecule has 0 N–H and O–H groups in total. The fraction of sp³-hybridized carbons (Fsp3) is 0.529. The second kappa shape index (κ2) is 27.1. The maximum absolute atomic E-state index is 15.0. The van der Waals surface area contributed by atoms with Crippen molar-refractivity contribution in [3.63, 3.8) is 0 Å². The van der Waals surface area contributed by atoms with Gasteiger partial charge in [0.15, 0.2) is 0 Å². The van der Waals surface area contributed by atoms with E-state index >= 15 is 0 Å². The molecule has 0 amide bonds. The molecule has 4 aromatic rings. The number of rotatable bonds is 22. The van der Waals surface area contributed by atoms with Crippen molar-refractivity contribution < 1.29 is 124 Å². The van der Waals surface area contributed by atoms with Crippen molar-refractivity contribution in [2.45, 2.75) is 152 Å². The Hall–Kier alpha value is -5.38. The molecule has 0 spiro atoms. The van der Waals surface area contributed by atoms with E-state index in [1.54, 1.807) is 6.07 Å². The normalized spacial score (nSPS) is 13.7. The Kier molecular flexibility index (Phi) is 23.4. The summed E-state index contributed by atoms with van der Waals surface area (Å²) < 4.78 is 340. The highest BCUT2D eigenvalue weighted by Gasteiger charge is 2.47. The summed E-state index contributed by atoms with van der Waals surface area (Å²) in [7, 11) is 0.775. The van der Waals surface area contributed by atoms with Gasteiger partial charge in [-0.25, -0.2) is 0 Å². The van der Waals surface area contributed by atoms with Gasteiger partial charge in [-0.05, 0) is 55.0 Å². The Morgan fingerprint density at radius 3 is 0.975 bits per heavy atom. The first kappa shape index (κ1) is 68.9. The summed E-state index contributed by atoms with van der Waals surface area (Å²) in [6, 6.07) is -0.419. The highest BCUT2D eigenvalue weighted by atomic mass is 19.4. The molecule has 80 heavy (non-hydrogen) atoms. The van der Waals surface area contributed by atoms with Crippen molar-refractivity contribution in [3.8, 4) is 17.2 Å². The van der Waals surface area contributed by atoms with E-state index in [9.17, 15) is 105 Å². The number of alkyl halides is 24. The van der Waals surface area contributed by atoms with Crippen LogP contribution in [0.5, 0.6) is 17.2 Å². The van der Waals surface area contributed by atoms with Gasteiger partial charge in [-0.3, -0.25) is 0 Å². The van der Waals surface area contributed by atoms with Crippen molar-refractivity contribution in [1.82, 2.24) is 0 Å². The number of quaternary nitrogens is 1. The van der Waals surface area contributed by atoms with Gasteiger partial charge in [-0.1, -0.05) is 95.1 Å². The topological polar surface area (TPSA) is 27.7 Å². The van der Waals surface area contributed by atoms with E-state index in [0.717, 1.165) is 57.8 Å². The number of nitrogens with zero attached hydrogens (tertiary/aromatic N) is 1. The van der Waals surface area contributed by atoms with E-state index in [1.807, 2.05) is 0 Å². The first-order valence-corrected chi connectivity index (χ1v) is 24.2. The lowest BCUT2D eigenvalue weighted by Crippen LogP contribution is -2.42. The molecule has 0 radical (unpaired) electrons. The second-order valence-corrected chi connectivity index (χ2v) is 19.2. The molecule has 0 saturated heterocycles. The quantitative estimate of drug-likeness (QED) is 0.0258. The fourth-order valence-corrected chi connectivity index (χ4v) is 7.93. The number of hydrogen-bond acceptors (Lipinski definition) is 3. The lowest BCUT2D eigenvalue weighted by atomic mass is 9.90. The number of unbranched alkanes of at least 4 members (excludes halogenated alkanes) is 12. The molecule has 0 fully saturated rings. The summed E-state index contributed by atoms with van der Waals surface area (Å²) in [5, 5.41) is 0. The average molecular weight is 1190 g/mol. The Balaban J connectivity index is 0.00000104. The van der Waals surface area contributed by atoms with Crippen molar-refractivity contribution in [2.24, 2.45) is 0 Å². The molecule has 4 rings (SSSR count). The molecule has 4 nitrogen and oxygen atoms in total. The molecule has 0 bridgehead atoms. The van der Waals surface area contributed by atoms with Crippen LogP contribution in [0, 0.1) is 6.07 Å². The van der Waals surface area contributed by atoms with Gasteiger partial charge in [0.1, 0.15) is 23.3 Å². The van der Waals surface area contributed by atoms with Gasteiger partial charge < -0.3 is 18.4 Å². The summed E-state index contributed by atoms with van der Waals surface area (Å²) in [4.78, 5) is 0. The van der Waals surface area contributed by atoms with Crippen LogP contribution in [-0.2, 0) is 49.4 Å². The van der Waals surface area contributed by atoms with Gasteiger partial charge in [0.25, 0.3) is 0 Å². The maximum atomic E-state index is 15.0. The van der Waals surface area contributed by atoms with E-state index in [4.69, 9.17) is 14.0 Å². The third-order valence-corrected chi connectivity index (χ3v) is 11.9. The predicted octanol–water partition coefficient (Wildman–Crippen LogP) is 20.1. The molecule has 450 valence electrons. The molecule has 0 aliphatic heterocycles. The van der Waals surface area contributed by atoms with Crippen LogP contribution in [0.3, 0.4) is 0 Å². The highest BCUT2D eigenvalue weighted by Crippen LogP contribution is 2.48. The standard InChI is InChI=1S/C43H49BF18NO3.C8H3F6/c1-5-6-7-8-9-10-11-12-13-14-15-16-17-18-35(63(2,3)4)37-34(43(60,61)62)25-31(42(57,58)59)26-36(37)66-44(64-32-21-27(38(45,46)47)19-28(22-32)39(48,49)50)65-33-23-29(40(51,52)53)20-30(24-33)41(54,55)56;9-7(10,11)5-2-1-3-6(4-5)8(12,13)14/h19-26,35H,5-18H2,1-4H3;2-4H/q+1;-1. The number of halogens is 24. The number of benzene rings is 4. The Bertz CT molecular complexity index is 2400. The minimum absolute atomic E-state index is 0.0304. The van der Waals surface area contributed by atoms with Crippen LogP contribution in [-0.4, -0.2) is 32.9 Å². The largest absolute Gasteiger partial charge is 0.864 e. The Morgan fingerprint density at radius 1 is 0.375 bits per heavy atom. The monoisotopic (exact) mass is 1190 g/mol. The molecule has 4 aromatic carbocycles.